The molecule has 3 N–H and O–H groups in total. The Balaban J connectivity index is 1.25. The van der Waals surface area contributed by atoms with Gasteiger partial charge in [-0.25, -0.2) is 20.0 Å². The molecule has 0 aliphatic carbocycles. The third-order valence-corrected chi connectivity index (χ3v) is 11.0. The highest BCUT2D eigenvalue weighted by Gasteiger charge is 2.29. The number of hydrogen-bond donors (Lipinski definition) is 3. The Bertz CT molecular complexity index is 2570. The lowest BCUT2D eigenvalue weighted by atomic mass is 10.1. The van der Waals surface area contributed by atoms with Gasteiger partial charge in [0.15, 0.2) is 5.84 Å². The van der Waals surface area contributed by atoms with Crippen LogP contribution < -0.4 is 10.6 Å². The zero-order valence-corrected chi connectivity index (χ0v) is 29.8. The quantitative estimate of drug-likeness (QED) is 0.159. The molecule has 0 spiro atoms. The second-order valence-electron chi connectivity index (χ2n) is 12.3. The monoisotopic (exact) mass is 705 g/mol. The predicted octanol–water partition coefficient (Wildman–Crippen LogP) is 9.42. The topological polar surface area (TPSA) is 124 Å². The summed E-state index contributed by atoms with van der Waals surface area (Å²) in [6.45, 7) is 7.70. The van der Waals surface area contributed by atoms with Crippen molar-refractivity contribution in [2.24, 2.45) is 9.98 Å². The number of carbonyl (C=O) groups is 2. The standard InChI is InChI=1S/C40H31N7O2S2/c1-21-13-5-7-15-25(21)37(48)46-35-31(39-41-27-17-9-11-19-29(27)50-39)23(3)33(44-35)43-34-24(4)32(40-42-28-18-10-12-20-30(28)51-40)36(45-34)47-38(49)26-16-8-6-14-22(26)2/h5-20,44H,1-4H3,(H,46,48)(H,43,45,47,49). The summed E-state index contributed by atoms with van der Waals surface area (Å²) in [5, 5.41) is 7.64. The minimum atomic E-state index is -0.269. The average molecular weight is 706 g/mol. The number of H-pyrrole nitrogens is 1. The number of aromatic nitrogens is 3. The third-order valence-electron chi connectivity index (χ3n) is 8.87. The lowest BCUT2D eigenvalue weighted by molar-refractivity contribution is 0.0975. The first-order chi connectivity index (χ1) is 24.7. The molecule has 2 amide bonds. The van der Waals surface area contributed by atoms with Gasteiger partial charge in [-0.3, -0.25) is 9.59 Å². The molecule has 51 heavy (non-hydrogen) atoms. The molecule has 0 radical (unpaired) electrons. The first-order valence-corrected chi connectivity index (χ1v) is 18.0. The van der Waals surface area contributed by atoms with Crippen molar-refractivity contribution in [1.29, 1.82) is 0 Å². The summed E-state index contributed by atoms with van der Waals surface area (Å²) in [6.07, 6.45) is 0. The summed E-state index contributed by atoms with van der Waals surface area (Å²) in [5.41, 5.74) is 7.60. The highest BCUT2D eigenvalue weighted by molar-refractivity contribution is 7.21. The van der Waals surface area contributed by atoms with Crippen molar-refractivity contribution >= 4 is 83.8 Å². The Morgan fingerprint density at radius 1 is 0.667 bits per heavy atom. The van der Waals surface area contributed by atoms with E-state index in [1.54, 1.807) is 23.5 Å². The molecule has 0 fully saturated rings. The fraction of sp³-hybridized carbons (Fsp3) is 0.100. The van der Waals surface area contributed by atoms with Gasteiger partial charge in [0, 0.05) is 22.3 Å². The van der Waals surface area contributed by atoms with Crippen LogP contribution in [0.3, 0.4) is 0 Å². The zero-order chi connectivity index (χ0) is 35.2. The second-order valence-corrected chi connectivity index (χ2v) is 14.3. The van der Waals surface area contributed by atoms with Gasteiger partial charge in [-0.15, -0.1) is 22.7 Å². The number of carbonyl (C=O) groups excluding carboxylic acids is 2. The highest BCUT2D eigenvalue weighted by atomic mass is 32.1. The number of benzene rings is 4. The van der Waals surface area contributed by atoms with E-state index in [4.69, 9.17) is 20.0 Å². The van der Waals surface area contributed by atoms with E-state index in [0.717, 1.165) is 58.3 Å². The van der Waals surface area contributed by atoms with E-state index in [2.05, 4.69) is 15.6 Å². The number of hydrogen-bond acceptors (Lipinski definition) is 7. The Morgan fingerprint density at radius 3 is 1.80 bits per heavy atom. The lowest BCUT2D eigenvalue weighted by Gasteiger charge is -2.09. The number of anilines is 1. The Morgan fingerprint density at radius 2 is 1.20 bits per heavy atom. The summed E-state index contributed by atoms with van der Waals surface area (Å²) in [6, 6.07) is 30.8. The summed E-state index contributed by atoms with van der Waals surface area (Å²) >= 11 is 3.08. The van der Waals surface area contributed by atoms with Gasteiger partial charge in [0.1, 0.15) is 27.5 Å². The molecule has 7 aromatic rings. The van der Waals surface area contributed by atoms with Gasteiger partial charge in [0.25, 0.3) is 11.8 Å². The van der Waals surface area contributed by atoms with Gasteiger partial charge in [0.05, 0.1) is 31.6 Å². The molecule has 0 unspecified atom stereocenters. The number of rotatable bonds is 6. The molecule has 8 rings (SSSR count). The first kappa shape index (κ1) is 32.2. The molecule has 9 nitrogen and oxygen atoms in total. The molecule has 4 aromatic carbocycles. The fourth-order valence-electron chi connectivity index (χ4n) is 6.12. The second kappa shape index (κ2) is 13.0. The summed E-state index contributed by atoms with van der Waals surface area (Å²) in [7, 11) is 0. The molecule has 250 valence electrons. The Hall–Kier alpha value is -6.04. The van der Waals surface area contributed by atoms with E-state index < -0.39 is 0 Å². The van der Waals surface area contributed by atoms with E-state index >= 15 is 0 Å². The van der Waals surface area contributed by atoms with Gasteiger partial charge in [0.2, 0.25) is 0 Å². The van der Waals surface area contributed by atoms with Gasteiger partial charge in [-0.05, 0) is 75.2 Å². The maximum atomic E-state index is 13.6. The number of amides is 2. The van der Waals surface area contributed by atoms with Crippen molar-refractivity contribution in [3.8, 4) is 10.6 Å². The number of nitrogens with zero attached hydrogens (tertiary/aromatic N) is 4. The minimum absolute atomic E-state index is 0.245. The zero-order valence-electron chi connectivity index (χ0n) is 28.2. The summed E-state index contributed by atoms with van der Waals surface area (Å²) in [5.74, 6) is 1.28. The van der Waals surface area contributed by atoms with Crippen LogP contribution in [0, 0.1) is 20.8 Å². The van der Waals surface area contributed by atoms with Crippen LogP contribution in [0.4, 0.5) is 11.6 Å². The van der Waals surface area contributed by atoms with Crippen molar-refractivity contribution < 1.29 is 9.59 Å². The summed E-state index contributed by atoms with van der Waals surface area (Å²) < 4.78 is 2.06. The number of fused-ring (bicyclic) bond motifs is 2. The number of aryl methyl sites for hydroxylation is 2. The van der Waals surface area contributed by atoms with Crippen LogP contribution in [0.1, 0.15) is 49.3 Å². The normalized spacial score (nSPS) is 13.7. The molecule has 0 bridgehead atoms. The van der Waals surface area contributed by atoms with E-state index in [-0.39, 0.29) is 11.8 Å². The van der Waals surface area contributed by atoms with Crippen LogP contribution in [-0.2, 0) is 0 Å². The number of amidine groups is 2. The average Bonchev–Trinajstić information content (AvgIpc) is 3.88. The van der Waals surface area contributed by atoms with Crippen LogP contribution >= 0.6 is 22.7 Å². The van der Waals surface area contributed by atoms with Gasteiger partial charge in [-0.2, -0.15) is 0 Å². The molecule has 1 aliphatic heterocycles. The van der Waals surface area contributed by atoms with Gasteiger partial charge >= 0.3 is 0 Å². The lowest BCUT2D eigenvalue weighted by Crippen LogP contribution is -2.31. The third kappa shape index (κ3) is 5.96. The van der Waals surface area contributed by atoms with Crippen molar-refractivity contribution in [2.45, 2.75) is 27.7 Å². The molecule has 0 atom stereocenters. The van der Waals surface area contributed by atoms with Crippen LogP contribution in [-0.4, -0.2) is 38.4 Å². The molecule has 1 aliphatic rings. The van der Waals surface area contributed by atoms with E-state index in [1.807, 2.05) is 113 Å². The van der Waals surface area contributed by atoms with E-state index in [9.17, 15) is 9.59 Å². The first-order valence-electron chi connectivity index (χ1n) is 16.3. The molecular formula is C40H31N7O2S2. The van der Waals surface area contributed by atoms with Crippen molar-refractivity contribution in [3.63, 3.8) is 0 Å². The number of aliphatic imine (C=N–C) groups is 2. The van der Waals surface area contributed by atoms with E-state index in [1.165, 1.54) is 11.3 Å². The number of nitrogens with one attached hydrogen (secondary N) is 3. The largest absolute Gasteiger partial charge is 0.326 e. The minimum Gasteiger partial charge on any atom is -0.326 e. The number of para-hydroxylation sites is 2. The van der Waals surface area contributed by atoms with Crippen LogP contribution in [0.2, 0.25) is 0 Å². The molecular weight excluding hydrogens is 675 g/mol. The van der Waals surface area contributed by atoms with Gasteiger partial charge < -0.3 is 15.6 Å². The van der Waals surface area contributed by atoms with Crippen LogP contribution in [0.25, 0.3) is 36.6 Å². The fourth-order valence-corrected chi connectivity index (χ4v) is 8.27. The highest BCUT2D eigenvalue weighted by Crippen LogP contribution is 2.42. The Labute approximate surface area is 301 Å². The predicted molar refractivity (Wildman–Crippen MR) is 209 cm³/mol. The SMILES string of the molecule is CC1=C(c2nc3ccccc3s2)C(NC(=O)c2ccccc2C)=NC1=Nc1[nH]c(NC(=O)c2ccccc2C)c(-c2nc3ccccc3s2)c1C. The van der Waals surface area contributed by atoms with Crippen LogP contribution in [0.15, 0.2) is 113 Å². The molecule has 4 heterocycles. The molecule has 11 heteroatoms. The Kier molecular flexibility index (Phi) is 8.21. The van der Waals surface area contributed by atoms with E-state index in [0.29, 0.717) is 40.0 Å². The maximum Gasteiger partial charge on any atom is 0.257 e. The van der Waals surface area contributed by atoms with Crippen LogP contribution in [0.5, 0.6) is 0 Å². The summed E-state index contributed by atoms with van der Waals surface area (Å²) in [4.78, 5) is 50.4. The smallest absolute Gasteiger partial charge is 0.257 e. The van der Waals surface area contributed by atoms with Crippen molar-refractivity contribution in [3.05, 3.63) is 135 Å². The molecule has 0 saturated heterocycles. The molecule has 0 saturated carbocycles. The van der Waals surface area contributed by atoms with Gasteiger partial charge in [-0.1, -0.05) is 60.7 Å². The van der Waals surface area contributed by atoms with Crippen molar-refractivity contribution in [1.82, 2.24) is 20.3 Å². The number of thiazole rings is 2. The maximum absolute atomic E-state index is 13.6. The molecule has 3 aromatic heterocycles. The number of aromatic amines is 1. The van der Waals surface area contributed by atoms with Crippen molar-refractivity contribution in [2.75, 3.05) is 5.32 Å².